The van der Waals surface area contributed by atoms with Crippen molar-refractivity contribution in [2.45, 2.75) is 33.2 Å². The molecule has 0 aliphatic rings. The molecule has 5 nitrogen and oxygen atoms in total. The standard InChI is InChI=1S/C15H21N3O2/c1-6-16-15(3,4)14-17-13(18-20-14)11-7-8-12(19-5)10(2)9-11/h7-9,16H,6H2,1-5H3. The SMILES string of the molecule is CCNC(C)(C)c1nc(-c2ccc(OC)c(C)c2)no1. The summed E-state index contributed by atoms with van der Waals surface area (Å²) in [6.45, 7) is 8.92. The zero-order valence-electron chi connectivity index (χ0n) is 12.7. The first-order chi connectivity index (χ1) is 9.47. The summed E-state index contributed by atoms with van der Waals surface area (Å²) in [5, 5.41) is 7.38. The number of ether oxygens (including phenoxy) is 1. The van der Waals surface area contributed by atoms with Crippen LogP contribution < -0.4 is 10.1 Å². The van der Waals surface area contributed by atoms with Crippen LogP contribution in [-0.4, -0.2) is 23.8 Å². The summed E-state index contributed by atoms with van der Waals surface area (Å²) in [7, 11) is 1.66. The maximum atomic E-state index is 5.38. The van der Waals surface area contributed by atoms with Gasteiger partial charge in [0.25, 0.3) is 0 Å². The fraction of sp³-hybridized carbons (Fsp3) is 0.467. The van der Waals surface area contributed by atoms with E-state index in [0.717, 1.165) is 23.4 Å². The van der Waals surface area contributed by atoms with Crippen molar-refractivity contribution >= 4 is 0 Å². The third-order valence-corrected chi connectivity index (χ3v) is 3.23. The Morgan fingerprint density at radius 1 is 1.35 bits per heavy atom. The smallest absolute Gasteiger partial charge is 0.246 e. The molecule has 0 saturated heterocycles. The van der Waals surface area contributed by atoms with Gasteiger partial charge in [-0.1, -0.05) is 12.1 Å². The molecule has 0 bridgehead atoms. The monoisotopic (exact) mass is 275 g/mol. The Morgan fingerprint density at radius 2 is 2.10 bits per heavy atom. The highest BCUT2D eigenvalue weighted by Crippen LogP contribution is 2.26. The van der Waals surface area contributed by atoms with Crippen LogP contribution in [0.3, 0.4) is 0 Å². The van der Waals surface area contributed by atoms with Gasteiger partial charge in [-0.25, -0.2) is 0 Å². The van der Waals surface area contributed by atoms with Crippen LogP contribution in [0.1, 0.15) is 32.2 Å². The Morgan fingerprint density at radius 3 is 2.70 bits per heavy atom. The third-order valence-electron chi connectivity index (χ3n) is 3.23. The molecule has 0 atom stereocenters. The molecule has 0 aliphatic heterocycles. The average Bonchev–Trinajstić information content (AvgIpc) is 2.89. The van der Waals surface area contributed by atoms with E-state index in [2.05, 4.69) is 15.5 Å². The summed E-state index contributed by atoms with van der Waals surface area (Å²) in [5.74, 6) is 2.03. The van der Waals surface area contributed by atoms with Crippen molar-refractivity contribution in [1.82, 2.24) is 15.5 Å². The molecule has 0 saturated carbocycles. The summed E-state index contributed by atoms with van der Waals surface area (Å²) < 4.78 is 10.6. The van der Waals surface area contributed by atoms with Crippen LogP contribution in [0.2, 0.25) is 0 Å². The van der Waals surface area contributed by atoms with Crippen molar-refractivity contribution in [3.05, 3.63) is 29.7 Å². The van der Waals surface area contributed by atoms with Crippen LogP contribution in [0, 0.1) is 6.92 Å². The number of benzene rings is 1. The van der Waals surface area contributed by atoms with E-state index >= 15 is 0 Å². The molecule has 1 N–H and O–H groups in total. The molecule has 0 radical (unpaired) electrons. The number of hydrogen-bond donors (Lipinski definition) is 1. The molecule has 1 aromatic carbocycles. The predicted octanol–water partition coefficient (Wildman–Crippen LogP) is 2.90. The second-order valence-electron chi connectivity index (χ2n) is 5.26. The van der Waals surface area contributed by atoms with Gasteiger partial charge in [-0.2, -0.15) is 4.98 Å². The van der Waals surface area contributed by atoms with Gasteiger partial charge in [-0.05, 0) is 51.1 Å². The number of nitrogens with zero attached hydrogens (tertiary/aromatic N) is 2. The molecule has 2 aromatic rings. The van der Waals surface area contributed by atoms with Crippen LogP contribution in [0.25, 0.3) is 11.4 Å². The summed E-state index contributed by atoms with van der Waals surface area (Å²) >= 11 is 0. The Kier molecular flexibility index (Phi) is 4.09. The van der Waals surface area contributed by atoms with E-state index in [-0.39, 0.29) is 5.54 Å². The lowest BCUT2D eigenvalue weighted by atomic mass is 10.1. The predicted molar refractivity (Wildman–Crippen MR) is 77.7 cm³/mol. The Hall–Kier alpha value is -1.88. The first-order valence-electron chi connectivity index (χ1n) is 6.72. The van der Waals surface area contributed by atoms with Gasteiger partial charge in [-0.3, -0.25) is 0 Å². The van der Waals surface area contributed by atoms with Crippen LogP contribution in [0.5, 0.6) is 5.75 Å². The van der Waals surface area contributed by atoms with Gasteiger partial charge in [0.1, 0.15) is 5.75 Å². The zero-order chi connectivity index (χ0) is 14.8. The third kappa shape index (κ3) is 2.82. The number of aromatic nitrogens is 2. The lowest BCUT2D eigenvalue weighted by molar-refractivity contribution is 0.272. The Balaban J connectivity index is 2.31. The molecule has 0 spiro atoms. The van der Waals surface area contributed by atoms with Crippen molar-refractivity contribution in [2.75, 3.05) is 13.7 Å². The normalized spacial score (nSPS) is 11.7. The molecule has 20 heavy (non-hydrogen) atoms. The fourth-order valence-electron chi connectivity index (χ4n) is 2.13. The number of aryl methyl sites for hydroxylation is 1. The minimum absolute atomic E-state index is 0.332. The molecule has 0 aliphatic carbocycles. The Bertz CT molecular complexity index is 591. The van der Waals surface area contributed by atoms with E-state index in [9.17, 15) is 0 Å². The second-order valence-corrected chi connectivity index (χ2v) is 5.26. The topological polar surface area (TPSA) is 60.2 Å². The number of nitrogens with one attached hydrogen (secondary N) is 1. The van der Waals surface area contributed by atoms with E-state index < -0.39 is 0 Å². The number of methoxy groups -OCH3 is 1. The van der Waals surface area contributed by atoms with Gasteiger partial charge in [-0.15, -0.1) is 0 Å². The minimum Gasteiger partial charge on any atom is -0.496 e. The van der Waals surface area contributed by atoms with E-state index in [1.165, 1.54) is 0 Å². The Labute approximate surface area is 119 Å². The maximum Gasteiger partial charge on any atom is 0.246 e. The highest BCUT2D eigenvalue weighted by molar-refractivity contribution is 5.58. The van der Waals surface area contributed by atoms with Gasteiger partial charge in [0.2, 0.25) is 11.7 Å². The van der Waals surface area contributed by atoms with Crippen LogP contribution in [0.4, 0.5) is 0 Å². The maximum absolute atomic E-state index is 5.38. The van der Waals surface area contributed by atoms with E-state index in [4.69, 9.17) is 9.26 Å². The second kappa shape index (κ2) is 5.63. The molecular weight excluding hydrogens is 254 g/mol. The van der Waals surface area contributed by atoms with Gasteiger partial charge >= 0.3 is 0 Å². The first kappa shape index (κ1) is 14.5. The zero-order valence-corrected chi connectivity index (χ0v) is 12.7. The molecule has 108 valence electrons. The summed E-state index contributed by atoms with van der Waals surface area (Å²) in [5.41, 5.74) is 1.63. The molecular formula is C15H21N3O2. The van der Waals surface area contributed by atoms with E-state index in [1.807, 2.05) is 45.9 Å². The van der Waals surface area contributed by atoms with Crippen LogP contribution in [-0.2, 0) is 5.54 Å². The highest BCUT2D eigenvalue weighted by atomic mass is 16.5. The van der Waals surface area contributed by atoms with Gasteiger partial charge < -0.3 is 14.6 Å². The number of rotatable bonds is 5. The van der Waals surface area contributed by atoms with Crippen LogP contribution in [0.15, 0.2) is 22.7 Å². The molecule has 2 rings (SSSR count). The van der Waals surface area contributed by atoms with Crippen molar-refractivity contribution in [1.29, 1.82) is 0 Å². The lowest BCUT2D eigenvalue weighted by Gasteiger charge is -2.20. The van der Waals surface area contributed by atoms with Gasteiger partial charge in [0.05, 0.1) is 12.6 Å². The van der Waals surface area contributed by atoms with E-state index in [1.54, 1.807) is 7.11 Å². The van der Waals surface area contributed by atoms with Gasteiger partial charge in [0, 0.05) is 5.56 Å². The largest absolute Gasteiger partial charge is 0.496 e. The minimum atomic E-state index is -0.332. The molecule has 1 heterocycles. The molecule has 0 amide bonds. The summed E-state index contributed by atoms with van der Waals surface area (Å²) in [4.78, 5) is 4.49. The highest BCUT2D eigenvalue weighted by Gasteiger charge is 2.26. The van der Waals surface area contributed by atoms with Crippen molar-refractivity contribution < 1.29 is 9.26 Å². The van der Waals surface area contributed by atoms with Crippen molar-refractivity contribution in [3.8, 4) is 17.1 Å². The summed E-state index contributed by atoms with van der Waals surface area (Å²) in [6.07, 6.45) is 0. The van der Waals surface area contributed by atoms with Crippen LogP contribution >= 0.6 is 0 Å². The molecule has 1 aromatic heterocycles. The fourth-order valence-corrected chi connectivity index (χ4v) is 2.13. The van der Waals surface area contributed by atoms with Crippen molar-refractivity contribution in [2.24, 2.45) is 0 Å². The summed E-state index contributed by atoms with van der Waals surface area (Å²) in [6, 6.07) is 5.84. The van der Waals surface area contributed by atoms with Crippen molar-refractivity contribution in [3.63, 3.8) is 0 Å². The molecule has 0 fully saturated rings. The quantitative estimate of drug-likeness (QED) is 0.909. The first-order valence-corrected chi connectivity index (χ1v) is 6.72. The molecule has 5 heteroatoms. The van der Waals surface area contributed by atoms with Gasteiger partial charge in [0.15, 0.2) is 0 Å². The molecule has 0 unspecified atom stereocenters. The van der Waals surface area contributed by atoms with E-state index in [0.29, 0.717) is 11.7 Å². The number of hydrogen-bond acceptors (Lipinski definition) is 5. The average molecular weight is 275 g/mol. The lowest BCUT2D eigenvalue weighted by Crippen LogP contribution is -2.36.